The number of ketones is 1. The summed E-state index contributed by atoms with van der Waals surface area (Å²) in [6, 6.07) is 6.30. The minimum Gasteiger partial charge on any atom is -0.293 e. The van der Waals surface area contributed by atoms with E-state index in [9.17, 15) is 9.18 Å². The zero-order valence-electron chi connectivity index (χ0n) is 11.0. The Kier molecular flexibility index (Phi) is 4.12. The number of rotatable bonds is 6. The van der Waals surface area contributed by atoms with E-state index >= 15 is 0 Å². The molecule has 1 fully saturated rings. The van der Waals surface area contributed by atoms with E-state index in [0.29, 0.717) is 18.2 Å². The van der Waals surface area contributed by atoms with E-state index in [2.05, 4.69) is 18.7 Å². The molecule has 2 nitrogen and oxygen atoms in total. The van der Waals surface area contributed by atoms with Gasteiger partial charge in [-0.1, -0.05) is 12.1 Å². The predicted molar refractivity (Wildman–Crippen MR) is 70.2 cm³/mol. The lowest BCUT2D eigenvalue weighted by Crippen LogP contribution is -2.37. The van der Waals surface area contributed by atoms with Crippen LogP contribution in [-0.2, 0) is 0 Å². The lowest BCUT2D eigenvalue weighted by Gasteiger charge is -2.25. The van der Waals surface area contributed by atoms with Crippen LogP contribution in [0.25, 0.3) is 0 Å². The summed E-state index contributed by atoms with van der Waals surface area (Å²) >= 11 is 0. The number of carbonyl (C=O) groups excluding carboxylic acids is 1. The molecule has 0 radical (unpaired) electrons. The summed E-state index contributed by atoms with van der Waals surface area (Å²) in [4.78, 5) is 14.3. The van der Waals surface area contributed by atoms with Crippen LogP contribution in [0, 0.1) is 11.7 Å². The van der Waals surface area contributed by atoms with Gasteiger partial charge >= 0.3 is 0 Å². The van der Waals surface area contributed by atoms with Crippen LogP contribution >= 0.6 is 0 Å². The highest BCUT2D eigenvalue weighted by Crippen LogP contribution is 2.30. The van der Waals surface area contributed by atoms with Crippen molar-refractivity contribution in [2.24, 2.45) is 5.92 Å². The summed E-state index contributed by atoms with van der Waals surface area (Å²) in [5, 5.41) is 0. The molecule has 1 aliphatic rings. The Morgan fingerprint density at radius 1 is 1.44 bits per heavy atom. The van der Waals surface area contributed by atoms with E-state index in [4.69, 9.17) is 0 Å². The van der Waals surface area contributed by atoms with Gasteiger partial charge in [0.15, 0.2) is 5.78 Å². The second kappa shape index (κ2) is 5.61. The molecule has 0 N–H and O–H groups in total. The van der Waals surface area contributed by atoms with Crippen molar-refractivity contribution in [3.8, 4) is 0 Å². The molecular weight excluding hydrogens is 229 g/mol. The fourth-order valence-electron chi connectivity index (χ4n) is 2.03. The zero-order valence-corrected chi connectivity index (χ0v) is 11.0. The molecule has 0 aromatic heterocycles. The topological polar surface area (TPSA) is 20.3 Å². The van der Waals surface area contributed by atoms with E-state index in [-0.39, 0.29) is 11.6 Å². The summed E-state index contributed by atoms with van der Waals surface area (Å²) in [7, 11) is 0. The number of hydrogen-bond acceptors (Lipinski definition) is 2. The Morgan fingerprint density at radius 3 is 2.72 bits per heavy atom. The van der Waals surface area contributed by atoms with Crippen LogP contribution in [0.4, 0.5) is 4.39 Å². The lowest BCUT2D eigenvalue weighted by molar-refractivity contribution is 0.0900. The Hall–Kier alpha value is -1.22. The number of hydrogen-bond donors (Lipinski definition) is 0. The molecule has 2 rings (SSSR count). The fraction of sp³-hybridized carbons (Fsp3) is 0.533. The monoisotopic (exact) mass is 249 g/mol. The van der Waals surface area contributed by atoms with Gasteiger partial charge in [-0.3, -0.25) is 9.69 Å². The first-order valence-electron chi connectivity index (χ1n) is 6.59. The first kappa shape index (κ1) is 13.2. The van der Waals surface area contributed by atoms with Crippen molar-refractivity contribution >= 4 is 5.78 Å². The van der Waals surface area contributed by atoms with Crippen LogP contribution < -0.4 is 0 Å². The zero-order chi connectivity index (χ0) is 13.1. The maximum Gasteiger partial charge on any atom is 0.176 e. The minimum absolute atomic E-state index is 0.00356. The predicted octanol–water partition coefficient (Wildman–Crippen LogP) is 3.13. The van der Waals surface area contributed by atoms with Gasteiger partial charge in [-0.05, 0) is 44.7 Å². The molecular formula is C15H20FNO. The van der Waals surface area contributed by atoms with Crippen molar-refractivity contribution in [1.29, 1.82) is 0 Å². The van der Waals surface area contributed by atoms with Gasteiger partial charge in [0.05, 0.1) is 6.54 Å². The Labute approximate surface area is 108 Å². The quantitative estimate of drug-likeness (QED) is 0.722. The minimum atomic E-state index is -0.348. The standard InChI is InChI=1S/C15H20FNO/c1-11(2)17(9-12-6-7-12)10-15(18)13-4-3-5-14(16)8-13/h3-5,8,11-12H,6-7,9-10H2,1-2H3. The Bertz CT molecular complexity index is 426. The van der Waals surface area contributed by atoms with Gasteiger partial charge in [-0.15, -0.1) is 0 Å². The van der Waals surface area contributed by atoms with Crippen molar-refractivity contribution in [3.05, 3.63) is 35.6 Å². The van der Waals surface area contributed by atoms with E-state index < -0.39 is 0 Å². The Balaban J connectivity index is 1.99. The SMILES string of the molecule is CC(C)N(CC(=O)c1cccc(F)c1)CC1CC1. The molecule has 1 aliphatic carbocycles. The van der Waals surface area contributed by atoms with Crippen LogP contribution in [0.15, 0.2) is 24.3 Å². The van der Waals surface area contributed by atoms with Crippen molar-refractivity contribution in [3.63, 3.8) is 0 Å². The molecule has 98 valence electrons. The summed E-state index contributed by atoms with van der Waals surface area (Å²) in [5.74, 6) is 0.413. The van der Waals surface area contributed by atoms with Crippen molar-refractivity contribution < 1.29 is 9.18 Å². The average molecular weight is 249 g/mol. The van der Waals surface area contributed by atoms with Crippen LogP contribution in [0.1, 0.15) is 37.0 Å². The summed E-state index contributed by atoms with van der Waals surface area (Å²) < 4.78 is 13.1. The third-order valence-corrected chi connectivity index (χ3v) is 3.41. The molecule has 0 unspecified atom stereocenters. The molecule has 0 saturated heterocycles. The summed E-state index contributed by atoms with van der Waals surface area (Å²) in [6.45, 7) is 5.57. The number of nitrogens with zero attached hydrogens (tertiary/aromatic N) is 1. The van der Waals surface area contributed by atoms with E-state index in [1.165, 1.54) is 25.0 Å². The van der Waals surface area contributed by atoms with Crippen LogP contribution in [-0.4, -0.2) is 29.8 Å². The fourth-order valence-corrected chi connectivity index (χ4v) is 2.03. The number of benzene rings is 1. The maximum absolute atomic E-state index is 13.1. The third-order valence-electron chi connectivity index (χ3n) is 3.41. The molecule has 1 aromatic rings. The second-order valence-corrected chi connectivity index (χ2v) is 5.40. The molecule has 0 amide bonds. The van der Waals surface area contributed by atoms with Crippen LogP contribution in [0.2, 0.25) is 0 Å². The van der Waals surface area contributed by atoms with Gasteiger partial charge in [0, 0.05) is 18.2 Å². The third kappa shape index (κ3) is 3.64. The first-order valence-corrected chi connectivity index (χ1v) is 6.59. The van der Waals surface area contributed by atoms with Gasteiger partial charge in [-0.2, -0.15) is 0 Å². The number of Topliss-reactive ketones (excluding diaryl/α,β-unsaturated/α-hetero) is 1. The first-order chi connectivity index (χ1) is 8.56. The molecule has 1 aromatic carbocycles. The molecule has 3 heteroatoms. The average Bonchev–Trinajstić information content (AvgIpc) is 3.12. The van der Waals surface area contributed by atoms with Crippen molar-refractivity contribution in [2.45, 2.75) is 32.7 Å². The van der Waals surface area contributed by atoms with Gasteiger partial charge in [-0.25, -0.2) is 4.39 Å². The van der Waals surface area contributed by atoms with E-state index in [0.717, 1.165) is 12.5 Å². The molecule has 0 bridgehead atoms. The van der Waals surface area contributed by atoms with Gasteiger partial charge in [0.2, 0.25) is 0 Å². The molecule has 18 heavy (non-hydrogen) atoms. The Morgan fingerprint density at radius 2 is 2.17 bits per heavy atom. The molecule has 1 saturated carbocycles. The van der Waals surface area contributed by atoms with Crippen LogP contribution in [0.3, 0.4) is 0 Å². The summed E-state index contributed by atoms with van der Waals surface area (Å²) in [6.07, 6.45) is 2.55. The smallest absolute Gasteiger partial charge is 0.176 e. The number of halogens is 1. The second-order valence-electron chi connectivity index (χ2n) is 5.40. The normalized spacial score (nSPS) is 15.4. The van der Waals surface area contributed by atoms with Crippen LogP contribution in [0.5, 0.6) is 0 Å². The maximum atomic E-state index is 13.1. The van der Waals surface area contributed by atoms with E-state index in [1.807, 2.05) is 0 Å². The lowest BCUT2D eigenvalue weighted by atomic mass is 10.1. The molecule has 0 heterocycles. The molecule has 0 spiro atoms. The van der Waals surface area contributed by atoms with Gasteiger partial charge < -0.3 is 0 Å². The highest BCUT2D eigenvalue weighted by molar-refractivity contribution is 5.97. The van der Waals surface area contributed by atoms with Gasteiger partial charge in [0.1, 0.15) is 5.82 Å². The van der Waals surface area contributed by atoms with Gasteiger partial charge in [0.25, 0.3) is 0 Å². The van der Waals surface area contributed by atoms with E-state index in [1.54, 1.807) is 12.1 Å². The van der Waals surface area contributed by atoms with Crippen molar-refractivity contribution in [1.82, 2.24) is 4.90 Å². The highest BCUT2D eigenvalue weighted by Gasteiger charge is 2.26. The number of carbonyl (C=O) groups is 1. The molecule has 0 atom stereocenters. The summed E-state index contributed by atoms with van der Waals surface area (Å²) in [5.41, 5.74) is 0.469. The molecule has 0 aliphatic heterocycles. The largest absolute Gasteiger partial charge is 0.293 e. The highest BCUT2D eigenvalue weighted by atomic mass is 19.1. The van der Waals surface area contributed by atoms with Crippen molar-refractivity contribution in [2.75, 3.05) is 13.1 Å².